The number of carbonyl (C=O) groups excluding carboxylic acids is 1. The molecular weight excluding hydrogens is 190 g/mol. The van der Waals surface area contributed by atoms with Crippen LogP contribution in [-0.2, 0) is 4.79 Å². The number of nitrogens with zero attached hydrogens (tertiary/aromatic N) is 1. The Hall–Kier alpha value is -0.610. The molecule has 1 atom stereocenters. The molecule has 0 bridgehead atoms. The van der Waals surface area contributed by atoms with Crippen LogP contribution in [0.15, 0.2) is 0 Å². The van der Waals surface area contributed by atoms with E-state index in [1.807, 2.05) is 4.90 Å². The number of hydrogen-bond acceptors (Lipinski definition) is 3. The minimum atomic E-state index is -0.183. The highest BCUT2D eigenvalue weighted by Crippen LogP contribution is 2.63. The molecule has 4 heteroatoms. The predicted octanol–water partition coefficient (Wildman–Crippen LogP) is -0.183. The molecule has 4 N–H and O–H groups in total. The first-order valence-electron chi connectivity index (χ1n) is 5.91. The summed E-state index contributed by atoms with van der Waals surface area (Å²) in [5.74, 6) is 0.287. The summed E-state index contributed by atoms with van der Waals surface area (Å²) in [6.45, 7) is 1.56. The monoisotopic (exact) mass is 209 g/mol. The van der Waals surface area contributed by atoms with E-state index in [1.54, 1.807) is 0 Å². The number of amides is 1. The van der Waals surface area contributed by atoms with Gasteiger partial charge in [-0.3, -0.25) is 4.79 Å². The van der Waals surface area contributed by atoms with E-state index in [2.05, 4.69) is 0 Å². The van der Waals surface area contributed by atoms with E-state index in [1.165, 1.54) is 0 Å². The largest absolute Gasteiger partial charge is 0.341 e. The van der Waals surface area contributed by atoms with Crippen molar-refractivity contribution in [2.24, 2.45) is 16.9 Å². The first-order valence-corrected chi connectivity index (χ1v) is 5.91. The zero-order valence-corrected chi connectivity index (χ0v) is 9.04. The molecule has 3 rings (SSSR count). The Bertz CT molecular complexity index is 307. The fraction of sp³-hybridized carbons (Fsp3) is 0.909. The molecular formula is C11H19N3O. The summed E-state index contributed by atoms with van der Waals surface area (Å²) in [5, 5.41) is 0. The third-order valence-corrected chi connectivity index (χ3v) is 4.41. The second-order valence-corrected chi connectivity index (χ2v) is 5.54. The molecule has 0 spiro atoms. The first kappa shape index (κ1) is 9.60. The van der Waals surface area contributed by atoms with Crippen molar-refractivity contribution >= 4 is 5.91 Å². The number of nitrogens with two attached hydrogens (primary N) is 2. The number of carbonyl (C=O) groups is 1. The average Bonchev–Trinajstić information content (AvgIpc) is 3.08. The van der Waals surface area contributed by atoms with Crippen molar-refractivity contribution in [1.82, 2.24) is 4.90 Å². The molecule has 0 aromatic rings. The lowest BCUT2D eigenvalue weighted by Gasteiger charge is -2.27. The summed E-state index contributed by atoms with van der Waals surface area (Å²) in [4.78, 5) is 14.3. The third kappa shape index (κ3) is 1.24. The summed E-state index contributed by atoms with van der Waals surface area (Å²) >= 11 is 0. The van der Waals surface area contributed by atoms with Crippen LogP contribution in [0.4, 0.5) is 0 Å². The van der Waals surface area contributed by atoms with Gasteiger partial charge in [-0.25, -0.2) is 0 Å². The van der Waals surface area contributed by atoms with Crippen molar-refractivity contribution in [3.05, 3.63) is 0 Å². The lowest BCUT2D eigenvalue weighted by molar-refractivity contribution is -0.137. The van der Waals surface area contributed by atoms with Gasteiger partial charge in [-0.05, 0) is 32.1 Å². The third-order valence-electron chi connectivity index (χ3n) is 4.41. The molecule has 2 aliphatic carbocycles. The molecule has 84 valence electrons. The summed E-state index contributed by atoms with van der Waals surface area (Å²) in [6.07, 6.45) is 4.98. The van der Waals surface area contributed by atoms with Crippen LogP contribution in [-0.4, -0.2) is 35.5 Å². The molecule has 4 nitrogen and oxygen atoms in total. The lowest BCUT2D eigenvalue weighted by atomic mass is 9.93. The second-order valence-electron chi connectivity index (χ2n) is 5.54. The predicted molar refractivity (Wildman–Crippen MR) is 57.0 cm³/mol. The molecule has 1 unspecified atom stereocenters. The fourth-order valence-corrected chi connectivity index (χ4v) is 2.94. The van der Waals surface area contributed by atoms with Gasteiger partial charge in [0.05, 0.1) is 5.41 Å². The van der Waals surface area contributed by atoms with Crippen LogP contribution in [0.2, 0.25) is 0 Å². The zero-order valence-electron chi connectivity index (χ0n) is 9.04. The molecule has 15 heavy (non-hydrogen) atoms. The van der Waals surface area contributed by atoms with E-state index in [-0.39, 0.29) is 22.9 Å². The van der Waals surface area contributed by atoms with Gasteiger partial charge in [0.1, 0.15) is 0 Å². The summed E-state index contributed by atoms with van der Waals surface area (Å²) in [5.41, 5.74) is 11.7. The minimum Gasteiger partial charge on any atom is -0.341 e. The van der Waals surface area contributed by atoms with Gasteiger partial charge >= 0.3 is 0 Å². The average molecular weight is 209 g/mol. The maximum absolute atomic E-state index is 12.4. The minimum absolute atomic E-state index is 0.156. The smallest absolute Gasteiger partial charge is 0.230 e. The van der Waals surface area contributed by atoms with Crippen LogP contribution < -0.4 is 11.5 Å². The van der Waals surface area contributed by atoms with E-state index in [0.29, 0.717) is 0 Å². The van der Waals surface area contributed by atoms with E-state index in [9.17, 15) is 4.79 Å². The molecule has 2 saturated carbocycles. The van der Waals surface area contributed by atoms with Crippen LogP contribution in [0.25, 0.3) is 0 Å². The Labute approximate surface area is 90.0 Å². The van der Waals surface area contributed by atoms with Crippen molar-refractivity contribution in [1.29, 1.82) is 0 Å². The van der Waals surface area contributed by atoms with Crippen molar-refractivity contribution in [3.8, 4) is 0 Å². The SMILES string of the molecule is NC1CCN(C(=O)C2(C3(N)CC3)CC2)C1. The van der Waals surface area contributed by atoms with Gasteiger partial charge < -0.3 is 16.4 Å². The highest BCUT2D eigenvalue weighted by Gasteiger charge is 2.68. The molecule has 1 aliphatic heterocycles. The van der Waals surface area contributed by atoms with Crippen LogP contribution in [0.3, 0.4) is 0 Å². The van der Waals surface area contributed by atoms with Gasteiger partial charge in [0.15, 0.2) is 0 Å². The summed E-state index contributed by atoms with van der Waals surface area (Å²) in [7, 11) is 0. The van der Waals surface area contributed by atoms with Gasteiger partial charge in [-0.2, -0.15) is 0 Å². The van der Waals surface area contributed by atoms with Crippen LogP contribution in [0.5, 0.6) is 0 Å². The van der Waals surface area contributed by atoms with E-state index < -0.39 is 0 Å². The van der Waals surface area contributed by atoms with E-state index in [0.717, 1.165) is 45.2 Å². The number of likely N-dealkylation sites (tertiary alicyclic amines) is 1. The molecule has 0 aromatic carbocycles. The molecule has 1 saturated heterocycles. The highest BCUT2D eigenvalue weighted by atomic mass is 16.2. The topological polar surface area (TPSA) is 72.3 Å². The summed E-state index contributed by atoms with van der Waals surface area (Å²) < 4.78 is 0. The zero-order chi connectivity index (χ0) is 10.7. The second kappa shape index (κ2) is 2.74. The van der Waals surface area contributed by atoms with Crippen molar-refractivity contribution in [2.75, 3.05) is 13.1 Å². The Morgan fingerprint density at radius 2 is 1.93 bits per heavy atom. The van der Waals surface area contributed by atoms with Gasteiger partial charge in [-0.1, -0.05) is 0 Å². The molecule has 3 aliphatic rings. The Morgan fingerprint density at radius 3 is 2.33 bits per heavy atom. The Morgan fingerprint density at radius 1 is 1.27 bits per heavy atom. The first-order chi connectivity index (χ1) is 7.07. The Balaban J connectivity index is 1.75. The van der Waals surface area contributed by atoms with Crippen molar-refractivity contribution < 1.29 is 4.79 Å². The van der Waals surface area contributed by atoms with Crippen LogP contribution in [0, 0.1) is 5.41 Å². The van der Waals surface area contributed by atoms with Gasteiger partial charge in [0.25, 0.3) is 0 Å². The quantitative estimate of drug-likeness (QED) is 0.662. The molecule has 1 heterocycles. The highest BCUT2D eigenvalue weighted by molar-refractivity contribution is 5.88. The van der Waals surface area contributed by atoms with Crippen molar-refractivity contribution in [3.63, 3.8) is 0 Å². The van der Waals surface area contributed by atoms with Crippen LogP contribution in [0.1, 0.15) is 32.1 Å². The van der Waals surface area contributed by atoms with E-state index in [4.69, 9.17) is 11.5 Å². The van der Waals surface area contributed by atoms with Crippen LogP contribution >= 0.6 is 0 Å². The Kier molecular flexibility index (Phi) is 1.75. The molecule has 0 radical (unpaired) electrons. The lowest BCUT2D eigenvalue weighted by Crippen LogP contribution is -2.47. The van der Waals surface area contributed by atoms with Gasteiger partial charge in [0, 0.05) is 24.7 Å². The van der Waals surface area contributed by atoms with Gasteiger partial charge in [0.2, 0.25) is 5.91 Å². The molecule has 0 aromatic heterocycles. The fourth-order valence-electron chi connectivity index (χ4n) is 2.94. The van der Waals surface area contributed by atoms with Crippen molar-refractivity contribution in [2.45, 2.75) is 43.7 Å². The maximum atomic E-state index is 12.4. The van der Waals surface area contributed by atoms with Gasteiger partial charge in [-0.15, -0.1) is 0 Å². The summed E-state index contributed by atoms with van der Waals surface area (Å²) in [6, 6.07) is 0.178. The maximum Gasteiger partial charge on any atom is 0.230 e. The number of rotatable bonds is 2. The molecule has 1 amide bonds. The standard InChI is InChI=1S/C11H19N3O/c12-8-1-6-14(7-8)9(15)10(2-3-10)11(13)4-5-11/h8H,1-7,12-13H2. The normalized spacial score (nSPS) is 35.3. The molecule has 3 fully saturated rings. The van der Waals surface area contributed by atoms with E-state index >= 15 is 0 Å². The number of hydrogen-bond donors (Lipinski definition) is 2.